The number of halogens is 1. The van der Waals surface area contributed by atoms with E-state index in [0.717, 1.165) is 56.3 Å². The van der Waals surface area contributed by atoms with Gasteiger partial charge in [0.2, 0.25) is 5.91 Å². The van der Waals surface area contributed by atoms with Crippen LogP contribution in [0.2, 0.25) is 0 Å². The minimum absolute atomic E-state index is 0.176. The number of carbonyl (C=O) groups excluding carboxylic acids is 1. The first-order chi connectivity index (χ1) is 11.2. The van der Waals surface area contributed by atoms with Crippen molar-refractivity contribution in [2.75, 3.05) is 19.6 Å². The molecule has 2 aromatic rings. The number of hydrogen-bond acceptors (Lipinski definition) is 2. The Kier molecular flexibility index (Phi) is 3.81. The monoisotopic (exact) mass is 315 g/mol. The summed E-state index contributed by atoms with van der Waals surface area (Å²) >= 11 is 0. The number of nitrogens with zero attached hydrogens (tertiary/aromatic N) is 1. The third-order valence-electron chi connectivity index (χ3n) is 5.19. The molecule has 1 atom stereocenters. The minimum Gasteiger partial charge on any atom is -0.358 e. The van der Waals surface area contributed by atoms with Crippen LogP contribution in [0.25, 0.3) is 10.9 Å². The van der Waals surface area contributed by atoms with Crippen molar-refractivity contribution in [2.45, 2.75) is 32.2 Å². The van der Waals surface area contributed by atoms with Crippen molar-refractivity contribution in [3.8, 4) is 0 Å². The first-order valence-corrected chi connectivity index (χ1v) is 8.47. The fraction of sp³-hybridized carbons (Fsp3) is 0.500. The highest BCUT2D eigenvalue weighted by molar-refractivity contribution is 5.85. The van der Waals surface area contributed by atoms with Crippen LogP contribution < -0.4 is 5.32 Å². The quantitative estimate of drug-likeness (QED) is 0.895. The summed E-state index contributed by atoms with van der Waals surface area (Å²) in [6.07, 6.45) is 3.65. The topological polar surface area (TPSA) is 48.1 Å². The van der Waals surface area contributed by atoms with E-state index in [9.17, 15) is 9.18 Å². The Morgan fingerprint density at radius 1 is 1.26 bits per heavy atom. The molecule has 2 N–H and O–H groups in total. The Labute approximate surface area is 135 Å². The lowest BCUT2D eigenvalue weighted by atomic mass is 9.97. The highest BCUT2D eigenvalue weighted by Crippen LogP contribution is 2.29. The predicted molar refractivity (Wildman–Crippen MR) is 87.6 cm³/mol. The van der Waals surface area contributed by atoms with E-state index in [1.54, 1.807) is 6.07 Å². The zero-order chi connectivity index (χ0) is 15.8. The molecular weight excluding hydrogens is 293 g/mol. The first kappa shape index (κ1) is 14.7. The number of aromatic nitrogens is 1. The third-order valence-corrected chi connectivity index (χ3v) is 5.19. The van der Waals surface area contributed by atoms with Gasteiger partial charge >= 0.3 is 0 Å². The summed E-state index contributed by atoms with van der Waals surface area (Å²) in [6.45, 7) is 3.72. The molecule has 4 nitrogen and oxygen atoms in total. The Morgan fingerprint density at radius 3 is 3.09 bits per heavy atom. The molecule has 0 radical (unpaired) electrons. The predicted octanol–water partition coefficient (Wildman–Crippen LogP) is 2.58. The first-order valence-electron chi connectivity index (χ1n) is 8.47. The van der Waals surface area contributed by atoms with Crippen LogP contribution in [-0.4, -0.2) is 35.4 Å². The largest absolute Gasteiger partial charge is 0.358 e. The van der Waals surface area contributed by atoms with Crippen LogP contribution in [0.1, 0.15) is 30.5 Å². The van der Waals surface area contributed by atoms with E-state index < -0.39 is 0 Å². The molecule has 2 aliphatic heterocycles. The van der Waals surface area contributed by atoms with Crippen molar-refractivity contribution in [1.29, 1.82) is 0 Å². The molecular formula is C18H22FN3O. The van der Waals surface area contributed by atoms with E-state index in [1.807, 2.05) is 6.07 Å². The van der Waals surface area contributed by atoms with Gasteiger partial charge in [0, 0.05) is 55.6 Å². The molecule has 3 heterocycles. The standard InChI is InChI=1S/C18H22FN3O/c19-13-2-3-16-14(9-13)15-11-22(8-6-17(15)21-16)10-12-1-4-18(23)20-7-5-12/h2-3,9,12,21H,1,4-8,10-11H2,(H,20,23)/t12-/m1/s1. The number of fused-ring (bicyclic) bond motifs is 3. The van der Waals surface area contributed by atoms with Crippen molar-refractivity contribution in [2.24, 2.45) is 5.92 Å². The van der Waals surface area contributed by atoms with Gasteiger partial charge < -0.3 is 10.3 Å². The number of carbonyl (C=O) groups is 1. The van der Waals surface area contributed by atoms with Crippen LogP contribution in [0, 0.1) is 11.7 Å². The molecule has 4 rings (SSSR count). The number of aromatic amines is 1. The van der Waals surface area contributed by atoms with Gasteiger partial charge in [-0.15, -0.1) is 0 Å². The van der Waals surface area contributed by atoms with Crippen molar-refractivity contribution in [1.82, 2.24) is 15.2 Å². The van der Waals surface area contributed by atoms with Crippen LogP contribution >= 0.6 is 0 Å². The Hall–Kier alpha value is -1.88. The molecule has 1 amide bonds. The van der Waals surface area contributed by atoms with E-state index in [2.05, 4.69) is 15.2 Å². The average molecular weight is 315 g/mol. The number of benzene rings is 1. The molecule has 2 aliphatic rings. The molecule has 0 aliphatic carbocycles. The number of amides is 1. The molecule has 122 valence electrons. The lowest BCUT2D eigenvalue weighted by molar-refractivity contribution is -0.120. The molecule has 0 saturated carbocycles. The maximum Gasteiger partial charge on any atom is 0.220 e. The van der Waals surface area contributed by atoms with Gasteiger partial charge in [-0.1, -0.05) is 0 Å². The summed E-state index contributed by atoms with van der Waals surface area (Å²) in [5.74, 6) is 0.572. The van der Waals surface area contributed by atoms with Gasteiger partial charge in [-0.05, 0) is 42.5 Å². The molecule has 0 unspecified atom stereocenters. The van der Waals surface area contributed by atoms with Gasteiger partial charge in [0.15, 0.2) is 0 Å². The van der Waals surface area contributed by atoms with E-state index in [1.165, 1.54) is 17.3 Å². The van der Waals surface area contributed by atoms with Gasteiger partial charge in [-0.3, -0.25) is 9.69 Å². The number of nitrogens with one attached hydrogen (secondary N) is 2. The summed E-state index contributed by atoms with van der Waals surface area (Å²) < 4.78 is 13.6. The van der Waals surface area contributed by atoms with Crippen LogP contribution in [-0.2, 0) is 17.8 Å². The summed E-state index contributed by atoms with van der Waals surface area (Å²) in [6, 6.07) is 4.98. The van der Waals surface area contributed by atoms with Crippen molar-refractivity contribution in [3.63, 3.8) is 0 Å². The fourth-order valence-electron chi connectivity index (χ4n) is 3.93. The van der Waals surface area contributed by atoms with Crippen LogP contribution in [0.4, 0.5) is 4.39 Å². The van der Waals surface area contributed by atoms with Crippen LogP contribution in [0.5, 0.6) is 0 Å². The second kappa shape index (κ2) is 5.96. The summed E-state index contributed by atoms with van der Waals surface area (Å²) in [4.78, 5) is 17.4. The second-order valence-corrected chi connectivity index (χ2v) is 6.80. The zero-order valence-corrected chi connectivity index (χ0v) is 13.2. The van der Waals surface area contributed by atoms with Crippen LogP contribution in [0.3, 0.4) is 0 Å². The lowest BCUT2D eigenvalue weighted by Crippen LogP contribution is -2.34. The second-order valence-electron chi connectivity index (χ2n) is 6.80. The van der Waals surface area contributed by atoms with Gasteiger partial charge in [0.25, 0.3) is 0 Å². The molecule has 1 fully saturated rings. The van der Waals surface area contributed by atoms with E-state index in [4.69, 9.17) is 0 Å². The Morgan fingerprint density at radius 2 is 2.17 bits per heavy atom. The zero-order valence-electron chi connectivity index (χ0n) is 13.2. The summed E-state index contributed by atoms with van der Waals surface area (Å²) in [5, 5.41) is 3.97. The molecule has 1 saturated heterocycles. The highest BCUT2D eigenvalue weighted by Gasteiger charge is 2.24. The van der Waals surface area contributed by atoms with Crippen molar-refractivity contribution < 1.29 is 9.18 Å². The molecule has 1 aromatic carbocycles. The minimum atomic E-state index is -0.176. The number of H-pyrrole nitrogens is 1. The van der Waals surface area contributed by atoms with E-state index in [-0.39, 0.29) is 11.7 Å². The molecule has 0 spiro atoms. The Balaban J connectivity index is 1.50. The van der Waals surface area contributed by atoms with Gasteiger partial charge in [-0.2, -0.15) is 0 Å². The molecule has 1 aromatic heterocycles. The molecule has 23 heavy (non-hydrogen) atoms. The highest BCUT2D eigenvalue weighted by atomic mass is 19.1. The lowest BCUT2D eigenvalue weighted by Gasteiger charge is -2.30. The number of rotatable bonds is 2. The normalized spacial score (nSPS) is 22.7. The van der Waals surface area contributed by atoms with Crippen molar-refractivity contribution >= 4 is 16.8 Å². The van der Waals surface area contributed by atoms with E-state index in [0.29, 0.717) is 12.3 Å². The molecule has 5 heteroatoms. The fourth-order valence-corrected chi connectivity index (χ4v) is 3.93. The SMILES string of the molecule is O=C1CC[C@@H](CN2CCc3[nH]c4ccc(F)cc4c3C2)CCN1. The van der Waals surface area contributed by atoms with Gasteiger partial charge in [-0.25, -0.2) is 4.39 Å². The third kappa shape index (κ3) is 2.98. The molecule has 0 bridgehead atoms. The van der Waals surface area contributed by atoms with E-state index >= 15 is 0 Å². The van der Waals surface area contributed by atoms with Gasteiger partial charge in [0.1, 0.15) is 5.82 Å². The summed E-state index contributed by atoms with van der Waals surface area (Å²) in [5.41, 5.74) is 3.52. The van der Waals surface area contributed by atoms with Crippen molar-refractivity contribution in [3.05, 3.63) is 35.3 Å². The maximum atomic E-state index is 13.6. The number of hydrogen-bond donors (Lipinski definition) is 2. The smallest absolute Gasteiger partial charge is 0.220 e. The van der Waals surface area contributed by atoms with Gasteiger partial charge in [0.05, 0.1) is 0 Å². The summed E-state index contributed by atoms with van der Waals surface area (Å²) in [7, 11) is 0. The maximum absolute atomic E-state index is 13.6. The average Bonchev–Trinajstić information content (AvgIpc) is 2.76. The van der Waals surface area contributed by atoms with Crippen LogP contribution in [0.15, 0.2) is 18.2 Å². The Bertz CT molecular complexity index is 739.